The summed E-state index contributed by atoms with van der Waals surface area (Å²) in [5.74, 6) is 7.47. The number of nitrogens with zero attached hydrogens (tertiary/aromatic N) is 2. The Labute approximate surface area is 105 Å². The Morgan fingerprint density at radius 3 is 2.94 bits per heavy atom. The van der Waals surface area contributed by atoms with Gasteiger partial charge >= 0.3 is 0 Å². The normalized spacial score (nSPS) is 16.9. The SMILES string of the molecule is CC(CCO)Sc1cc(NN)nc(C2CC2)n1. The third kappa shape index (κ3) is 3.55. The van der Waals surface area contributed by atoms with Gasteiger partial charge in [-0.15, -0.1) is 11.8 Å². The minimum atomic E-state index is 0.205. The zero-order chi connectivity index (χ0) is 12.3. The minimum absolute atomic E-state index is 0.205. The van der Waals surface area contributed by atoms with Gasteiger partial charge in [0.1, 0.15) is 16.7 Å². The van der Waals surface area contributed by atoms with Crippen LogP contribution in [-0.4, -0.2) is 26.9 Å². The van der Waals surface area contributed by atoms with E-state index in [0.29, 0.717) is 17.0 Å². The van der Waals surface area contributed by atoms with Gasteiger partial charge in [0, 0.05) is 23.8 Å². The standard InChI is InChI=1S/C11H18N4OS/c1-7(4-5-16)17-10-6-9(15-12)13-11(14-10)8-2-3-8/h6-8,16H,2-5,12H2,1H3,(H,13,14,15). The molecule has 1 aromatic heterocycles. The predicted octanol–water partition coefficient (Wildman–Crippen LogP) is 1.50. The Hall–Kier alpha value is -0.850. The second kappa shape index (κ2) is 5.66. The van der Waals surface area contributed by atoms with Crippen LogP contribution >= 0.6 is 11.8 Å². The van der Waals surface area contributed by atoms with Crippen LogP contribution in [0.1, 0.15) is 37.9 Å². The molecule has 1 aromatic rings. The first-order chi connectivity index (χ1) is 8.22. The van der Waals surface area contributed by atoms with Crippen molar-refractivity contribution in [2.24, 2.45) is 5.84 Å². The molecule has 0 radical (unpaired) electrons. The van der Waals surface area contributed by atoms with Gasteiger partial charge < -0.3 is 10.5 Å². The molecule has 0 saturated heterocycles. The van der Waals surface area contributed by atoms with Crippen molar-refractivity contribution in [1.29, 1.82) is 0 Å². The highest BCUT2D eigenvalue weighted by molar-refractivity contribution is 7.99. The molecule has 1 aliphatic rings. The molecule has 94 valence electrons. The smallest absolute Gasteiger partial charge is 0.144 e. The van der Waals surface area contributed by atoms with Crippen molar-refractivity contribution in [1.82, 2.24) is 9.97 Å². The number of hydrogen-bond donors (Lipinski definition) is 3. The minimum Gasteiger partial charge on any atom is -0.396 e. The van der Waals surface area contributed by atoms with Gasteiger partial charge in [0.15, 0.2) is 0 Å². The fourth-order valence-electron chi connectivity index (χ4n) is 1.55. The van der Waals surface area contributed by atoms with Crippen molar-refractivity contribution in [3.05, 3.63) is 11.9 Å². The van der Waals surface area contributed by atoms with Gasteiger partial charge in [-0.05, 0) is 19.3 Å². The predicted molar refractivity (Wildman–Crippen MR) is 68.8 cm³/mol. The Balaban J connectivity index is 2.11. The van der Waals surface area contributed by atoms with Gasteiger partial charge in [-0.2, -0.15) is 0 Å². The van der Waals surface area contributed by atoms with Gasteiger partial charge in [-0.3, -0.25) is 0 Å². The molecule has 4 N–H and O–H groups in total. The first-order valence-electron chi connectivity index (χ1n) is 5.86. The topological polar surface area (TPSA) is 84.1 Å². The molecule has 0 spiro atoms. The average Bonchev–Trinajstić information content (AvgIpc) is 3.12. The second-order valence-electron chi connectivity index (χ2n) is 4.31. The van der Waals surface area contributed by atoms with Gasteiger partial charge in [0.2, 0.25) is 0 Å². The Morgan fingerprint density at radius 2 is 2.35 bits per heavy atom. The summed E-state index contributed by atoms with van der Waals surface area (Å²) in [5, 5.41) is 10.2. The van der Waals surface area contributed by atoms with Gasteiger partial charge in [-0.25, -0.2) is 15.8 Å². The van der Waals surface area contributed by atoms with Gasteiger partial charge in [0.25, 0.3) is 0 Å². The van der Waals surface area contributed by atoms with E-state index in [9.17, 15) is 0 Å². The summed E-state index contributed by atoms with van der Waals surface area (Å²) in [4.78, 5) is 8.90. The maximum absolute atomic E-state index is 8.89. The van der Waals surface area contributed by atoms with E-state index in [0.717, 1.165) is 17.3 Å². The first-order valence-corrected chi connectivity index (χ1v) is 6.74. The van der Waals surface area contributed by atoms with E-state index in [-0.39, 0.29) is 6.61 Å². The number of aromatic nitrogens is 2. The number of thioether (sulfide) groups is 1. The summed E-state index contributed by atoms with van der Waals surface area (Å²) in [6.45, 7) is 2.28. The molecule has 1 fully saturated rings. The number of nitrogens with two attached hydrogens (primary N) is 1. The lowest BCUT2D eigenvalue weighted by Crippen LogP contribution is -2.11. The van der Waals surface area contributed by atoms with Crippen LogP contribution in [0.15, 0.2) is 11.1 Å². The van der Waals surface area contributed by atoms with E-state index >= 15 is 0 Å². The van der Waals surface area contributed by atoms with Gasteiger partial charge in [-0.1, -0.05) is 6.92 Å². The summed E-state index contributed by atoms with van der Waals surface area (Å²) in [7, 11) is 0. The van der Waals surface area contributed by atoms with Crippen molar-refractivity contribution in [3.63, 3.8) is 0 Å². The molecule has 1 aliphatic carbocycles. The van der Waals surface area contributed by atoms with E-state index in [1.54, 1.807) is 11.8 Å². The fraction of sp³-hybridized carbons (Fsp3) is 0.636. The molecule has 1 heterocycles. The van der Waals surface area contributed by atoms with Crippen LogP contribution in [0, 0.1) is 0 Å². The van der Waals surface area contributed by atoms with Crippen LogP contribution in [0.5, 0.6) is 0 Å². The van der Waals surface area contributed by atoms with E-state index in [4.69, 9.17) is 10.9 Å². The van der Waals surface area contributed by atoms with Crippen molar-refractivity contribution in [2.45, 2.75) is 42.4 Å². The highest BCUT2D eigenvalue weighted by Gasteiger charge is 2.27. The Morgan fingerprint density at radius 1 is 1.59 bits per heavy atom. The summed E-state index contributed by atoms with van der Waals surface area (Å²) in [6, 6.07) is 1.85. The maximum Gasteiger partial charge on any atom is 0.144 e. The zero-order valence-electron chi connectivity index (χ0n) is 9.89. The third-order valence-electron chi connectivity index (χ3n) is 2.67. The zero-order valence-corrected chi connectivity index (χ0v) is 10.7. The number of hydrazine groups is 1. The van der Waals surface area contributed by atoms with Crippen LogP contribution in [-0.2, 0) is 0 Å². The molecule has 1 saturated carbocycles. The summed E-state index contributed by atoms with van der Waals surface area (Å²) >= 11 is 1.65. The first kappa shape index (κ1) is 12.6. The fourth-order valence-corrected chi connectivity index (χ4v) is 2.51. The molecule has 1 atom stereocenters. The number of nitrogens with one attached hydrogen (secondary N) is 1. The number of nitrogen functional groups attached to an aromatic ring is 1. The lowest BCUT2D eigenvalue weighted by molar-refractivity contribution is 0.289. The molecule has 0 aromatic carbocycles. The highest BCUT2D eigenvalue weighted by atomic mass is 32.2. The molecule has 5 nitrogen and oxygen atoms in total. The summed E-state index contributed by atoms with van der Waals surface area (Å²) in [6.07, 6.45) is 3.10. The molecular weight excluding hydrogens is 236 g/mol. The summed E-state index contributed by atoms with van der Waals surface area (Å²) < 4.78 is 0. The van der Waals surface area contributed by atoms with Crippen LogP contribution in [0.2, 0.25) is 0 Å². The molecule has 0 bridgehead atoms. The van der Waals surface area contributed by atoms with Gasteiger partial charge in [0.05, 0.1) is 0 Å². The Bertz CT molecular complexity index is 384. The molecular formula is C11H18N4OS. The number of aliphatic hydroxyl groups is 1. The van der Waals surface area contributed by atoms with E-state index in [1.165, 1.54) is 12.8 Å². The van der Waals surface area contributed by atoms with Crippen LogP contribution in [0.4, 0.5) is 5.82 Å². The maximum atomic E-state index is 8.89. The average molecular weight is 254 g/mol. The Kier molecular flexibility index (Phi) is 4.20. The van der Waals surface area contributed by atoms with Crippen molar-refractivity contribution in [3.8, 4) is 0 Å². The molecule has 1 unspecified atom stereocenters. The largest absolute Gasteiger partial charge is 0.396 e. The molecule has 2 rings (SSSR count). The molecule has 6 heteroatoms. The van der Waals surface area contributed by atoms with Crippen molar-refractivity contribution < 1.29 is 5.11 Å². The van der Waals surface area contributed by atoms with Crippen molar-refractivity contribution in [2.75, 3.05) is 12.0 Å². The third-order valence-corrected chi connectivity index (χ3v) is 3.76. The quantitative estimate of drug-likeness (QED) is 0.309. The van der Waals surface area contributed by atoms with E-state index in [1.807, 2.05) is 6.07 Å². The lowest BCUT2D eigenvalue weighted by atomic mass is 10.3. The van der Waals surface area contributed by atoms with Crippen LogP contribution < -0.4 is 11.3 Å². The number of aliphatic hydroxyl groups excluding tert-OH is 1. The lowest BCUT2D eigenvalue weighted by Gasteiger charge is -2.11. The van der Waals surface area contributed by atoms with E-state index < -0.39 is 0 Å². The monoisotopic (exact) mass is 254 g/mol. The number of rotatable bonds is 6. The van der Waals surface area contributed by atoms with Crippen LogP contribution in [0.3, 0.4) is 0 Å². The highest BCUT2D eigenvalue weighted by Crippen LogP contribution is 2.39. The molecule has 0 aliphatic heterocycles. The van der Waals surface area contributed by atoms with Crippen LogP contribution in [0.25, 0.3) is 0 Å². The molecule has 17 heavy (non-hydrogen) atoms. The van der Waals surface area contributed by atoms with Crippen molar-refractivity contribution >= 4 is 17.6 Å². The van der Waals surface area contributed by atoms with E-state index in [2.05, 4.69) is 22.3 Å². The second-order valence-corrected chi connectivity index (χ2v) is 5.77. The molecule has 0 amide bonds. The number of hydrogen-bond acceptors (Lipinski definition) is 6. The summed E-state index contributed by atoms with van der Waals surface area (Å²) in [5.41, 5.74) is 2.58. The number of anilines is 1.